The van der Waals surface area contributed by atoms with Crippen molar-refractivity contribution >= 4 is 10.9 Å². The molecule has 2 N–H and O–H groups in total. The Kier molecular flexibility index (Phi) is 4.25. The average molecular weight is 379 g/mol. The van der Waals surface area contributed by atoms with Gasteiger partial charge >= 0.3 is 0 Å². The topological polar surface area (TPSA) is 70.5 Å². The lowest BCUT2D eigenvalue weighted by atomic mass is 9.83. The maximum Gasteiger partial charge on any atom is 0.250 e. The van der Waals surface area contributed by atoms with Gasteiger partial charge in [0.25, 0.3) is 5.56 Å². The van der Waals surface area contributed by atoms with Crippen molar-refractivity contribution in [2.75, 3.05) is 26.7 Å². The molecule has 4 heterocycles. The van der Waals surface area contributed by atoms with Gasteiger partial charge in [-0.25, -0.2) is 0 Å². The minimum atomic E-state index is -0.572. The minimum Gasteiger partial charge on any atom is -0.497 e. The van der Waals surface area contributed by atoms with Crippen LogP contribution >= 0.6 is 0 Å². The third-order valence-electron chi connectivity index (χ3n) is 6.27. The third kappa shape index (κ3) is 2.93. The number of hydrogen-bond acceptors (Lipinski definition) is 4. The van der Waals surface area contributed by atoms with E-state index in [0.29, 0.717) is 18.4 Å². The van der Waals surface area contributed by atoms with Crippen LogP contribution in [0.2, 0.25) is 0 Å². The number of fused-ring (bicyclic) bond motifs is 5. The molecule has 0 amide bonds. The van der Waals surface area contributed by atoms with E-state index in [9.17, 15) is 9.90 Å². The van der Waals surface area contributed by atoms with Crippen molar-refractivity contribution in [3.05, 3.63) is 64.2 Å². The lowest BCUT2D eigenvalue weighted by Crippen LogP contribution is -2.48. The van der Waals surface area contributed by atoms with Crippen molar-refractivity contribution in [1.29, 1.82) is 0 Å². The van der Waals surface area contributed by atoms with Crippen molar-refractivity contribution in [3.8, 4) is 5.75 Å². The fraction of sp³-hybridized carbons (Fsp3) is 0.409. The van der Waals surface area contributed by atoms with Gasteiger partial charge in [0.1, 0.15) is 5.75 Å². The number of aromatic amines is 1. The van der Waals surface area contributed by atoms with Crippen molar-refractivity contribution in [1.82, 2.24) is 14.5 Å². The zero-order valence-corrected chi connectivity index (χ0v) is 16.0. The number of nitrogens with one attached hydrogen (secondary N) is 1. The molecule has 3 aromatic rings. The van der Waals surface area contributed by atoms with E-state index in [4.69, 9.17) is 4.74 Å². The predicted octanol–water partition coefficient (Wildman–Crippen LogP) is 2.49. The molecule has 0 aliphatic carbocycles. The summed E-state index contributed by atoms with van der Waals surface area (Å²) in [7, 11) is 1.65. The van der Waals surface area contributed by atoms with Gasteiger partial charge in [0.15, 0.2) is 0 Å². The van der Waals surface area contributed by atoms with Crippen LogP contribution in [0.5, 0.6) is 5.75 Å². The lowest BCUT2D eigenvalue weighted by Gasteiger charge is -2.43. The molecule has 0 radical (unpaired) electrons. The highest BCUT2D eigenvalue weighted by molar-refractivity contribution is 5.85. The number of aliphatic hydroxyl groups is 1. The van der Waals surface area contributed by atoms with Crippen LogP contribution in [-0.2, 0) is 6.54 Å². The monoisotopic (exact) mass is 379 g/mol. The highest BCUT2D eigenvalue weighted by atomic mass is 16.5. The Morgan fingerprint density at radius 1 is 1.25 bits per heavy atom. The number of methoxy groups -OCH3 is 1. The maximum atomic E-state index is 12.2. The molecule has 0 saturated carbocycles. The Labute approximate surface area is 163 Å². The minimum absolute atomic E-state index is 0.105. The smallest absolute Gasteiger partial charge is 0.250 e. The van der Waals surface area contributed by atoms with Gasteiger partial charge in [-0.2, -0.15) is 0 Å². The van der Waals surface area contributed by atoms with Crippen molar-refractivity contribution < 1.29 is 9.84 Å². The molecule has 1 aromatic carbocycles. The molecule has 1 saturated heterocycles. The number of pyridine rings is 1. The number of aromatic nitrogens is 2. The first-order valence-electron chi connectivity index (χ1n) is 9.87. The van der Waals surface area contributed by atoms with E-state index in [1.165, 1.54) is 0 Å². The largest absolute Gasteiger partial charge is 0.497 e. The van der Waals surface area contributed by atoms with Crippen LogP contribution in [0, 0.1) is 5.92 Å². The first kappa shape index (κ1) is 17.5. The van der Waals surface area contributed by atoms with Crippen LogP contribution in [0.15, 0.2) is 47.4 Å². The SMILES string of the molecule is COc1ccc2[nH]cc([C@@H](O)CN3C[C@@H]4C[C@H](C3)c3cccc(=O)n3C4)c2c1. The molecule has 5 rings (SSSR count). The second kappa shape index (κ2) is 6.79. The van der Waals surface area contributed by atoms with Crippen molar-refractivity contribution in [3.63, 3.8) is 0 Å². The van der Waals surface area contributed by atoms with E-state index in [-0.39, 0.29) is 5.56 Å². The summed E-state index contributed by atoms with van der Waals surface area (Å²) >= 11 is 0. The van der Waals surface area contributed by atoms with Crippen molar-refractivity contribution in [2.45, 2.75) is 25.0 Å². The van der Waals surface area contributed by atoms with Gasteiger partial charge in [0.05, 0.1) is 13.2 Å². The van der Waals surface area contributed by atoms with Gasteiger partial charge in [-0.15, -0.1) is 0 Å². The summed E-state index contributed by atoms with van der Waals surface area (Å²) < 4.78 is 7.28. The van der Waals surface area contributed by atoms with Crippen LogP contribution in [0.4, 0.5) is 0 Å². The molecule has 2 aliphatic heterocycles. The molecule has 0 unspecified atom stereocenters. The number of hydrogen-bond donors (Lipinski definition) is 2. The number of H-pyrrole nitrogens is 1. The van der Waals surface area contributed by atoms with E-state index >= 15 is 0 Å². The first-order chi connectivity index (χ1) is 13.6. The zero-order valence-electron chi connectivity index (χ0n) is 16.0. The second-order valence-corrected chi connectivity index (χ2v) is 8.09. The standard InChI is InChI=1S/C22H25N3O3/c1-28-16-5-6-19-17(8-16)18(9-23-19)21(26)13-24-10-14-7-15(12-24)20-3-2-4-22(27)25(20)11-14/h2-6,8-9,14-15,21,23,26H,7,10-13H2,1H3/t14-,15+,21-/m0/s1. The van der Waals surface area contributed by atoms with Crippen LogP contribution in [-0.4, -0.2) is 46.3 Å². The summed E-state index contributed by atoms with van der Waals surface area (Å²) in [6, 6.07) is 11.5. The number of β-amino-alcohol motifs (C(OH)–C–C–N with tert-alkyl or cyclic N) is 1. The first-order valence-corrected chi connectivity index (χ1v) is 9.87. The van der Waals surface area contributed by atoms with Gasteiger partial charge in [0.2, 0.25) is 0 Å². The molecule has 3 atom stereocenters. The van der Waals surface area contributed by atoms with E-state index in [2.05, 4.69) is 16.0 Å². The highest BCUT2D eigenvalue weighted by Gasteiger charge is 2.35. The molecule has 6 heteroatoms. The number of rotatable bonds is 4. The summed E-state index contributed by atoms with van der Waals surface area (Å²) in [5.41, 5.74) is 3.15. The number of likely N-dealkylation sites (tertiary alicyclic amines) is 1. The summed E-state index contributed by atoms with van der Waals surface area (Å²) in [6.07, 6.45) is 2.45. The third-order valence-corrected chi connectivity index (χ3v) is 6.27. The summed E-state index contributed by atoms with van der Waals surface area (Å²) in [5.74, 6) is 1.60. The number of piperidine rings is 1. The molecule has 28 heavy (non-hydrogen) atoms. The Morgan fingerprint density at radius 3 is 3.00 bits per heavy atom. The molecule has 6 nitrogen and oxygen atoms in total. The summed E-state index contributed by atoms with van der Waals surface area (Å²) in [4.78, 5) is 17.8. The molecule has 0 spiro atoms. The Hall–Kier alpha value is -2.57. The summed E-state index contributed by atoms with van der Waals surface area (Å²) in [6.45, 7) is 3.17. The van der Waals surface area contributed by atoms with Crippen LogP contribution in [0.3, 0.4) is 0 Å². The second-order valence-electron chi connectivity index (χ2n) is 8.09. The van der Waals surface area contributed by atoms with E-state index < -0.39 is 6.10 Å². The molecule has 2 aromatic heterocycles. The average Bonchev–Trinajstić information content (AvgIpc) is 3.12. The predicted molar refractivity (Wildman–Crippen MR) is 108 cm³/mol. The fourth-order valence-corrected chi connectivity index (χ4v) is 5.01. The highest BCUT2D eigenvalue weighted by Crippen LogP contribution is 2.36. The van der Waals surface area contributed by atoms with Gasteiger partial charge in [-0.05, 0) is 36.6 Å². The molecule has 146 valence electrons. The molecule has 2 bridgehead atoms. The van der Waals surface area contributed by atoms with Crippen LogP contribution in [0.25, 0.3) is 10.9 Å². The van der Waals surface area contributed by atoms with E-state index in [1.807, 2.05) is 35.0 Å². The summed E-state index contributed by atoms with van der Waals surface area (Å²) in [5, 5.41) is 12.0. The fourth-order valence-electron chi connectivity index (χ4n) is 5.01. The normalized spacial score (nSPS) is 22.8. The van der Waals surface area contributed by atoms with Gasteiger partial charge < -0.3 is 19.4 Å². The number of nitrogens with zero attached hydrogens (tertiary/aromatic N) is 2. The van der Waals surface area contributed by atoms with E-state index in [1.54, 1.807) is 13.2 Å². The Bertz CT molecular complexity index is 1070. The zero-order chi connectivity index (χ0) is 19.3. The van der Waals surface area contributed by atoms with Crippen molar-refractivity contribution in [2.24, 2.45) is 5.92 Å². The molecular formula is C22H25N3O3. The molecule has 2 aliphatic rings. The molecule has 1 fully saturated rings. The van der Waals surface area contributed by atoms with Crippen LogP contribution in [0.1, 0.15) is 29.7 Å². The van der Waals surface area contributed by atoms with Gasteiger partial charge in [-0.1, -0.05) is 6.07 Å². The van der Waals surface area contributed by atoms with Crippen LogP contribution < -0.4 is 10.3 Å². The molecular weight excluding hydrogens is 354 g/mol. The number of benzene rings is 1. The van der Waals surface area contributed by atoms with Gasteiger partial charge in [0, 0.05) is 66.5 Å². The lowest BCUT2D eigenvalue weighted by molar-refractivity contribution is 0.0627. The Morgan fingerprint density at radius 2 is 2.14 bits per heavy atom. The maximum absolute atomic E-state index is 12.2. The number of ether oxygens (including phenoxy) is 1. The number of aliphatic hydroxyl groups excluding tert-OH is 1. The Balaban J connectivity index is 1.37. The quantitative estimate of drug-likeness (QED) is 0.731. The van der Waals surface area contributed by atoms with E-state index in [0.717, 1.165) is 54.0 Å². The van der Waals surface area contributed by atoms with Gasteiger partial charge in [-0.3, -0.25) is 9.69 Å².